The van der Waals surface area contributed by atoms with E-state index in [-0.39, 0.29) is 22.8 Å². The summed E-state index contributed by atoms with van der Waals surface area (Å²) in [4.78, 5) is 23.4. The van der Waals surface area contributed by atoms with Crippen molar-refractivity contribution in [3.8, 4) is 11.5 Å². The Balaban J connectivity index is 1.12. The van der Waals surface area contributed by atoms with Gasteiger partial charge in [-0.1, -0.05) is 12.1 Å². The first-order valence-corrected chi connectivity index (χ1v) is 16.5. The Morgan fingerprint density at radius 3 is 2.47 bits per heavy atom. The lowest BCUT2D eigenvalue weighted by Gasteiger charge is -2.61. The SMILES string of the molecule is CNC(=O)c1cccc(C)c1Nc1nc(Nc2ccc(O[C@]34CC5CC(C3)[C@@H](N3CCCC3)C(C5)C4)cc2OC)ncc1C(F)(F)F. The molecule has 5 fully saturated rings. The van der Waals surface area contributed by atoms with Crippen LogP contribution in [-0.2, 0) is 6.18 Å². The molecule has 2 unspecified atom stereocenters. The zero-order valence-electron chi connectivity index (χ0n) is 26.9. The van der Waals surface area contributed by atoms with E-state index in [4.69, 9.17) is 9.47 Å². The minimum absolute atomic E-state index is 0.0726. The number of anilines is 4. The first-order valence-electron chi connectivity index (χ1n) is 16.5. The molecule has 0 radical (unpaired) electrons. The first-order chi connectivity index (χ1) is 22.6. The monoisotopic (exact) mass is 650 g/mol. The fourth-order valence-corrected chi connectivity index (χ4v) is 8.91. The molecule has 3 aromatic rings. The normalized spacial score (nSPS) is 26.7. The van der Waals surface area contributed by atoms with Gasteiger partial charge in [0.2, 0.25) is 5.95 Å². The van der Waals surface area contributed by atoms with E-state index in [2.05, 4.69) is 30.8 Å². The van der Waals surface area contributed by atoms with Crippen molar-refractivity contribution in [2.75, 3.05) is 37.9 Å². The van der Waals surface area contributed by atoms with E-state index in [1.165, 1.54) is 59.0 Å². The van der Waals surface area contributed by atoms with Crippen LogP contribution in [0.1, 0.15) is 66.4 Å². The third-order valence-corrected chi connectivity index (χ3v) is 10.6. The molecule has 5 aliphatic rings. The van der Waals surface area contributed by atoms with Crippen molar-refractivity contribution in [1.29, 1.82) is 0 Å². The molecule has 1 saturated heterocycles. The van der Waals surface area contributed by atoms with Gasteiger partial charge in [-0.2, -0.15) is 18.2 Å². The van der Waals surface area contributed by atoms with Crippen molar-refractivity contribution >= 4 is 29.0 Å². The number of carbonyl (C=O) groups excluding carboxylic acids is 1. The lowest BCUT2D eigenvalue weighted by molar-refractivity contribution is -0.144. The number of carbonyl (C=O) groups is 1. The highest BCUT2D eigenvalue weighted by Gasteiger charge is 2.58. The predicted molar refractivity (Wildman–Crippen MR) is 173 cm³/mol. The van der Waals surface area contributed by atoms with Crippen LogP contribution in [0.3, 0.4) is 0 Å². The molecule has 4 saturated carbocycles. The second-order valence-electron chi connectivity index (χ2n) is 13.6. The number of para-hydroxylation sites is 1. The smallest absolute Gasteiger partial charge is 0.421 e. The highest BCUT2D eigenvalue weighted by Crippen LogP contribution is 2.58. The van der Waals surface area contributed by atoms with Gasteiger partial charge in [-0.25, -0.2) is 4.98 Å². The Morgan fingerprint density at radius 1 is 1.04 bits per heavy atom. The Kier molecular flexibility index (Phi) is 8.18. The van der Waals surface area contributed by atoms with E-state index >= 15 is 0 Å². The van der Waals surface area contributed by atoms with Crippen LogP contribution >= 0.6 is 0 Å². The van der Waals surface area contributed by atoms with Crippen molar-refractivity contribution in [3.63, 3.8) is 0 Å². The highest BCUT2D eigenvalue weighted by molar-refractivity contribution is 6.00. The number of benzene rings is 2. The molecule has 12 heteroatoms. The third kappa shape index (κ3) is 6.08. The van der Waals surface area contributed by atoms with Gasteiger partial charge in [0.15, 0.2) is 0 Å². The van der Waals surface area contributed by atoms with E-state index in [9.17, 15) is 18.0 Å². The molecule has 1 aromatic heterocycles. The van der Waals surface area contributed by atoms with Gasteiger partial charge in [0, 0.05) is 25.4 Å². The number of amides is 1. The summed E-state index contributed by atoms with van der Waals surface area (Å²) < 4.78 is 54.7. The summed E-state index contributed by atoms with van der Waals surface area (Å²) in [7, 11) is 2.99. The standard InChI is InChI=1S/C35H41F3N6O3/c1-20-7-6-8-25(32(45)39-2)29(20)42-31-26(35(36,37)38)19-40-33(43-31)41-27-10-9-24(15-28(27)46-3)47-34-16-21-13-22(17-34)30(23(14-21)18-34)44-11-4-5-12-44/h6-10,15,19,21-23,30H,4-5,11-14,16-18H2,1-3H3,(H,39,45)(H2,40,41,42,43)/t21?,22?,23?,30-,34-. The third-order valence-electron chi connectivity index (χ3n) is 10.6. The number of ether oxygens (including phenoxy) is 2. The summed E-state index contributed by atoms with van der Waals surface area (Å²) in [6.45, 7) is 4.15. The highest BCUT2D eigenvalue weighted by atomic mass is 19.4. The number of alkyl halides is 3. The fourth-order valence-electron chi connectivity index (χ4n) is 8.91. The molecule has 47 heavy (non-hydrogen) atoms. The predicted octanol–water partition coefficient (Wildman–Crippen LogP) is 7.08. The summed E-state index contributed by atoms with van der Waals surface area (Å²) in [5, 5.41) is 8.31. The number of rotatable bonds is 9. The van der Waals surface area contributed by atoms with E-state index in [0.717, 1.165) is 25.5 Å². The minimum Gasteiger partial charge on any atom is -0.494 e. The second-order valence-corrected chi connectivity index (χ2v) is 13.6. The van der Waals surface area contributed by atoms with Gasteiger partial charge < -0.3 is 25.4 Å². The van der Waals surface area contributed by atoms with Gasteiger partial charge >= 0.3 is 6.18 Å². The van der Waals surface area contributed by atoms with Gasteiger partial charge in [0.05, 0.1) is 24.0 Å². The van der Waals surface area contributed by atoms with Crippen LogP contribution < -0.4 is 25.4 Å². The Morgan fingerprint density at radius 2 is 1.79 bits per heavy atom. The van der Waals surface area contributed by atoms with Crippen LogP contribution in [-0.4, -0.2) is 59.7 Å². The lowest BCUT2D eigenvalue weighted by atomic mass is 9.52. The first kappa shape index (κ1) is 31.5. The summed E-state index contributed by atoms with van der Waals surface area (Å²) >= 11 is 0. The number of hydrogen-bond acceptors (Lipinski definition) is 8. The Bertz CT molecular complexity index is 1640. The number of nitrogens with zero attached hydrogens (tertiary/aromatic N) is 3. The van der Waals surface area contributed by atoms with E-state index in [0.29, 0.717) is 46.5 Å². The molecule has 8 rings (SSSR count). The minimum atomic E-state index is -4.74. The number of methoxy groups -OCH3 is 1. The number of aryl methyl sites for hydroxylation is 1. The summed E-state index contributed by atoms with van der Waals surface area (Å²) in [6, 6.07) is 11.1. The summed E-state index contributed by atoms with van der Waals surface area (Å²) in [6.07, 6.45) is 4.42. The summed E-state index contributed by atoms with van der Waals surface area (Å²) in [5.41, 5.74) is 0.233. The maximum atomic E-state index is 14.1. The number of aromatic nitrogens is 2. The molecule has 0 spiro atoms. The van der Waals surface area contributed by atoms with Gasteiger partial charge in [0.25, 0.3) is 5.91 Å². The average Bonchev–Trinajstić information content (AvgIpc) is 3.56. The molecular weight excluding hydrogens is 609 g/mol. The van der Waals surface area contributed by atoms with Crippen molar-refractivity contribution in [1.82, 2.24) is 20.2 Å². The van der Waals surface area contributed by atoms with Crippen molar-refractivity contribution in [2.45, 2.75) is 69.7 Å². The van der Waals surface area contributed by atoms with Crippen LogP contribution in [0.5, 0.6) is 11.5 Å². The van der Waals surface area contributed by atoms with E-state index < -0.39 is 23.5 Å². The molecule has 2 heterocycles. The topological polar surface area (TPSA) is 101 Å². The molecule has 250 valence electrons. The molecule has 4 aliphatic carbocycles. The zero-order valence-corrected chi connectivity index (χ0v) is 26.9. The van der Waals surface area contributed by atoms with Crippen LogP contribution in [0.4, 0.5) is 36.3 Å². The number of hydrogen-bond donors (Lipinski definition) is 3. The lowest BCUT2D eigenvalue weighted by Crippen LogP contribution is -2.63. The van der Waals surface area contributed by atoms with Gasteiger partial charge in [-0.3, -0.25) is 9.69 Å². The molecule has 9 nitrogen and oxygen atoms in total. The van der Waals surface area contributed by atoms with Crippen LogP contribution in [0.25, 0.3) is 0 Å². The Labute approximate surface area is 272 Å². The van der Waals surface area contributed by atoms with Crippen molar-refractivity contribution in [2.24, 2.45) is 17.8 Å². The van der Waals surface area contributed by atoms with Gasteiger partial charge in [-0.05, 0) is 106 Å². The quantitative estimate of drug-likeness (QED) is 0.226. The molecule has 4 bridgehead atoms. The molecule has 2 aromatic carbocycles. The summed E-state index contributed by atoms with van der Waals surface area (Å²) in [5.74, 6) is 2.23. The molecular formula is C35H41F3N6O3. The maximum Gasteiger partial charge on any atom is 0.421 e. The molecule has 1 amide bonds. The zero-order chi connectivity index (χ0) is 32.9. The van der Waals surface area contributed by atoms with Crippen LogP contribution in [0, 0.1) is 24.7 Å². The molecule has 1 aliphatic heterocycles. The van der Waals surface area contributed by atoms with E-state index in [1.807, 2.05) is 12.1 Å². The van der Waals surface area contributed by atoms with Crippen LogP contribution in [0.15, 0.2) is 42.6 Å². The van der Waals surface area contributed by atoms with Gasteiger partial charge in [-0.15, -0.1) is 0 Å². The van der Waals surface area contributed by atoms with Gasteiger partial charge in [0.1, 0.15) is 28.5 Å². The fraction of sp³-hybridized carbons (Fsp3) is 0.514. The number of likely N-dealkylation sites (tertiary alicyclic amines) is 1. The largest absolute Gasteiger partial charge is 0.494 e. The number of halogens is 3. The number of nitrogens with one attached hydrogen (secondary N) is 3. The van der Waals surface area contributed by atoms with E-state index in [1.54, 1.807) is 25.1 Å². The Hall–Kier alpha value is -4.06. The average molecular weight is 651 g/mol. The maximum absolute atomic E-state index is 14.1. The molecule has 2 atom stereocenters. The second kappa shape index (κ2) is 12.2. The van der Waals surface area contributed by atoms with Crippen molar-refractivity contribution < 1.29 is 27.4 Å². The van der Waals surface area contributed by atoms with Crippen LogP contribution in [0.2, 0.25) is 0 Å². The van der Waals surface area contributed by atoms with Crippen molar-refractivity contribution in [3.05, 3.63) is 59.3 Å². The molecule has 3 N–H and O–H groups in total.